The molecule has 1 aromatic heterocycles. The van der Waals surface area contributed by atoms with Gasteiger partial charge in [-0.15, -0.1) is 0 Å². The highest BCUT2D eigenvalue weighted by atomic mass is 32.2. The predicted octanol–water partition coefficient (Wildman–Crippen LogP) is 1.64. The standard InChI is InChI=1S/C22H30FN5O3S/c1-26-8-10-28(11-9-26)32(29,30)20-6-7-22(24-16-20)25-17-21(27-12-14-31-15-13-27)18-2-4-19(23)5-3-18/h2-7,16,21H,8-15,17H2,1H3,(H,24,25)/t21-/m1/s1. The van der Waals surface area contributed by atoms with Crippen LogP contribution in [0.4, 0.5) is 10.2 Å². The zero-order chi connectivity index (χ0) is 22.6. The molecule has 0 amide bonds. The minimum atomic E-state index is -3.54. The molecule has 3 heterocycles. The third-order valence-corrected chi connectivity index (χ3v) is 7.94. The molecule has 1 N–H and O–H groups in total. The molecule has 0 spiro atoms. The summed E-state index contributed by atoms with van der Waals surface area (Å²) in [7, 11) is -1.55. The van der Waals surface area contributed by atoms with Crippen LogP contribution < -0.4 is 5.32 Å². The number of likely N-dealkylation sites (N-methyl/N-ethyl adjacent to an activating group) is 1. The number of hydrogen-bond acceptors (Lipinski definition) is 7. The number of anilines is 1. The smallest absolute Gasteiger partial charge is 0.244 e. The Hall–Kier alpha value is -2.11. The monoisotopic (exact) mass is 463 g/mol. The van der Waals surface area contributed by atoms with E-state index in [1.807, 2.05) is 7.05 Å². The summed E-state index contributed by atoms with van der Waals surface area (Å²) >= 11 is 0. The van der Waals surface area contributed by atoms with Gasteiger partial charge in [0.1, 0.15) is 16.5 Å². The summed E-state index contributed by atoms with van der Waals surface area (Å²) in [5.74, 6) is 0.337. The van der Waals surface area contributed by atoms with Crippen molar-refractivity contribution < 1.29 is 17.5 Å². The molecule has 32 heavy (non-hydrogen) atoms. The average molecular weight is 464 g/mol. The number of ether oxygens (including phenoxy) is 1. The van der Waals surface area contributed by atoms with Gasteiger partial charge in [0.15, 0.2) is 0 Å². The van der Waals surface area contributed by atoms with E-state index in [1.54, 1.807) is 24.3 Å². The third kappa shape index (κ3) is 5.44. The second-order valence-corrected chi connectivity index (χ2v) is 10.1. The van der Waals surface area contributed by atoms with Crippen LogP contribution >= 0.6 is 0 Å². The van der Waals surface area contributed by atoms with E-state index < -0.39 is 10.0 Å². The molecule has 2 fully saturated rings. The molecule has 0 aliphatic carbocycles. The van der Waals surface area contributed by atoms with E-state index in [2.05, 4.69) is 20.1 Å². The van der Waals surface area contributed by atoms with Crippen LogP contribution in [0.15, 0.2) is 47.5 Å². The van der Waals surface area contributed by atoms with Crippen molar-refractivity contribution in [2.45, 2.75) is 10.9 Å². The van der Waals surface area contributed by atoms with Gasteiger partial charge in [0.25, 0.3) is 0 Å². The predicted molar refractivity (Wildman–Crippen MR) is 121 cm³/mol. The van der Waals surface area contributed by atoms with E-state index in [0.29, 0.717) is 38.7 Å². The Morgan fingerprint density at radius 2 is 1.72 bits per heavy atom. The normalized spacial score (nSPS) is 20.2. The Balaban J connectivity index is 1.43. The number of nitrogens with zero attached hydrogens (tertiary/aromatic N) is 4. The summed E-state index contributed by atoms with van der Waals surface area (Å²) < 4.78 is 46.2. The van der Waals surface area contributed by atoms with Crippen LogP contribution in [-0.2, 0) is 14.8 Å². The fourth-order valence-corrected chi connectivity index (χ4v) is 5.42. The second-order valence-electron chi connectivity index (χ2n) is 8.18. The number of benzene rings is 1. The summed E-state index contributed by atoms with van der Waals surface area (Å²) in [6.07, 6.45) is 1.41. The first-order chi connectivity index (χ1) is 15.4. The molecule has 0 radical (unpaired) electrons. The zero-order valence-electron chi connectivity index (χ0n) is 18.3. The van der Waals surface area contributed by atoms with Crippen LogP contribution in [0.5, 0.6) is 0 Å². The Bertz CT molecular complexity index is 974. The number of nitrogens with one attached hydrogen (secondary N) is 1. The zero-order valence-corrected chi connectivity index (χ0v) is 19.1. The second kappa shape index (κ2) is 10.2. The van der Waals surface area contributed by atoms with Gasteiger partial charge in [-0.25, -0.2) is 17.8 Å². The van der Waals surface area contributed by atoms with Gasteiger partial charge in [-0.3, -0.25) is 4.90 Å². The van der Waals surface area contributed by atoms with E-state index in [0.717, 1.165) is 31.7 Å². The van der Waals surface area contributed by atoms with Gasteiger partial charge in [0.2, 0.25) is 10.0 Å². The maximum atomic E-state index is 13.4. The van der Waals surface area contributed by atoms with Crippen LogP contribution in [-0.4, -0.2) is 93.6 Å². The first-order valence-electron chi connectivity index (χ1n) is 10.9. The highest BCUT2D eigenvalue weighted by Gasteiger charge is 2.28. The molecule has 0 bridgehead atoms. The quantitative estimate of drug-likeness (QED) is 0.669. The number of pyridine rings is 1. The molecule has 2 aromatic rings. The fraction of sp³-hybridized carbons (Fsp3) is 0.500. The molecule has 0 unspecified atom stereocenters. The van der Waals surface area contributed by atoms with E-state index >= 15 is 0 Å². The van der Waals surface area contributed by atoms with Crippen LogP contribution in [0, 0.1) is 5.82 Å². The largest absolute Gasteiger partial charge is 0.379 e. The van der Waals surface area contributed by atoms with Gasteiger partial charge in [0, 0.05) is 52.0 Å². The lowest BCUT2D eigenvalue weighted by molar-refractivity contribution is 0.0187. The topological polar surface area (TPSA) is 78.0 Å². The number of halogens is 1. The first kappa shape index (κ1) is 23.1. The van der Waals surface area contributed by atoms with E-state index in [1.165, 1.54) is 22.6 Å². The molecule has 2 saturated heterocycles. The van der Waals surface area contributed by atoms with Gasteiger partial charge in [0.05, 0.1) is 19.3 Å². The summed E-state index contributed by atoms with van der Waals surface area (Å²) in [5, 5.41) is 3.32. The number of aromatic nitrogens is 1. The lowest BCUT2D eigenvalue weighted by Gasteiger charge is -2.35. The van der Waals surface area contributed by atoms with Gasteiger partial charge < -0.3 is 15.0 Å². The fourth-order valence-electron chi connectivity index (χ4n) is 4.05. The molecule has 10 heteroatoms. The molecule has 1 aromatic carbocycles. The van der Waals surface area contributed by atoms with E-state index in [4.69, 9.17) is 4.74 Å². The van der Waals surface area contributed by atoms with Crippen LogP contribution in [0.3, 0.4) is 0 Å². The van der Waals surface area contributed by atoms with Gasteiger partial charge in [-0.05, 0) is 36.9 Å². The maximum absolute atomic E-state index is 13.4. The third-order valence-electron chi connectivity index (χ3n) is 6.05. The minimum absolute atomic E-state index is 0.0232. The molecular weight excluding hydrogens is 433 g/mol. The number of rotatable bonds is 7. The molecule has 2 aliphatic heterocycles. The van der Waals surface area contributed by atoms with Crippen molar-refractivity contribution in [3.8, 4) is 0 Å². The van der Waals surface area contributed by atoms with Crippen molar-refractivity contribution in [3.05, 3.63) is 54.0 Å². The average Bonchev–Trinajstić information content (AvgIpc) is 2.82. The lowest BCUT2D eigenvalue weighted by Crippen LogP contribution is -2.47. The summed E-state index contributed by atoms with van der Waals surface area (Å²) in [5.41, 5.74) is 1.01. The Labute approximate surface area is 189 Å². The lowest BCUT2D eigenvalue weighted by atomic mass is 10.0. The first-order valence-corrected chi connectivity index (χ1v) is 12.3. The highest BCUT2D eigenvalue weighted by molar-refractivity contribution is 7.89. The SMILES string of the molecule is CN1CCN(S(=O)(=O)c2ccc(NC[C@H](c3ccc(F)cc3)N3CCOCC3)nc2)CC1. The van der Waals surface area contributed by atoms with Crippen molar-refractivity contribution in [1.29, 1.82) is 0 Å². The molecular formula is C22H30FN5O3S. The van der Waals surface area contributed by atoms with Gasteiger partial charge in [-0.2, -0.15) is 4.31 Å². The van der Waals surface area contributed by atoms with Crippen molar-refractivity contribution in [2.24, 2.45) is 0 Å². The minimum Gasteiger partial charge on any atom is -0.379 e. The highest BCUT2D eigenvalue weighted by Crippen LogP contribution is 2.24. The van der Waals surface area contributed by atoms with Crippen molar-refractivity contribution in [2.75, 3.05) is 71.4 Å². The summed E-state index contributed by atoms with van der Waals surface area (Å²) in [4.78, 5) is 8.97. The molecule has 4 rings (SSSR count). The Kier molecular flexibility index (Phi) is 7.37. The van der Waals surface area contributed by atoms with Gasteiger partial charge >= 0.3 is 0 Å². The number of morpholine rings is 1. The van der Waals surface area contributed by atoms with Gasteiger partial charge in [-0.1, -0.05) is 12.1 Å². The molecule has 1 atom stereocenters. The number of piperazine rings is 1. The van der Waals surface area contributed by atoms with Crippen molar-refractivity contribution >= 4 is 15.8 Å². The Morgan fingerprint density at radius 3 is 2.34 bits per heavy atom. The maximum Gasteiger partial charge on any atom is 0.244 e. The molecule has 174 valence electrons. The summed E-state index contributed by atoms with van der Waals surface area (Å²) in [6.45, 7) is 5.87. The van der Waals surface area contributed by atoms with E-state index in [-0.39, 0.29) is 16.8 Å². The van der Waals surface area contributed by atoms with Crippen molar-refractivity contribution in [3.63, 3.8) is 0 Å². The number of sulfonamides is 1. The van der Waals surface area contributed by atoms with Crippen LogP contribution in [0.2, 0.25) is 0 Å². The molecule has 0 saturated carbocycles. The summed E-state index contributed by atoms with van der Waals surface area (Å²) in [6, 6.07) is 9.87. The van der Waals surface area contributed by atoms with Crippen LogP contribution in [0.25, 0.3) is 0 Å². The van der Waals surface area contributed by atoms with Crippen molar-refractivity contribution in [1.82, 2.24) is 19.1 Å². The Morgan fingerprint density at radius 1 is 1.03 bits per heavy atom. The molecule has 8 nitrogen and oxygen atoms in total. The number of hydrogen-bond donors (Lipinski definition) is 1. The van der Waals surface area contributed by atoms with Crippen LogP contribution in [0.1, 0.15) is 11.6 Å². The van der Waals surface area contributed by atoms with E-state index in [9.17, 15) is 12.8 Å². The molecule has 2 aliphatic rings.